The Kier molecular flexibility index (Phi) is 6.47. The third-order valence-corrected chi connectivity index (χ3v) is 4.02. The first-order valence-corrected chi connectivity index (χ1v) is 8.13. The average molecular weight is 298 g/mol. The highest BCUT2D eigenvalue weighted by Gasteiger charge is 2.14. The topological polar surface area (TPSA) is 29.5 Å². The van der Waals surface area contributed by atoms with Crippen LogP contribution in [-0.4, -0.2) is 12.2 Å². The molecule has 0 radical (unpaired) electrons. The summed E-state index contributed by atoms with van der Waals surface area (Å²) in [6.07, 6.45) is 4.49. The van der Waals surface area contributed by atoms with Crippen molar-refractivity contribution in [2.45, 2.75) is 45.1 Å². The molecule has 0 heterocycles. The van der Waals surface area contributed by atoms with Crippen molar-refractivity contribution in [2.24, 2.45) is 0 Å². The lowest BCUT2D eigenvalue weighted by atomic mass is 9.97. The lowest BCUT2D eigenvalue weighted by Gasteiger charge is -2.16. The van der Waals surface area contributed by atoms with Gasteiger partial charge in [0, 0.05) is 5.56 Å². The molecule has 2 aromatic carbocycles. The summed E-state index contributed by atoms with van der Waals surface area (Å²) in [7, 11) is 1.66. The summed E-state index contributed by atoms with van der Waals surface area (Å²) >= 11 is 0. The van der Waals surface area contributed by atoms with Crippen LogP contribution in [0.25, 0.3) is 0 Å². The van der Waals surface area contributed by atoms with Crippen LogP contribution in [0.3, 0.4) is 0 Å². The van der Waals surface area contributed by atoms with Crippen LogP contribution in [0.15, 0.2) is 48.5 Å². The van der Waals surface area contributed by atoms with E-state index in [1.165, 1.54) is 24.0 Å². The second-order valence-corrected chi connectivity index (χ2v) is 5.72. The molecule has 1 unspecified atom stereocenters. The highest BCUT2D eigenvalue weighted by molar-refractivity contribution is 5.39. The van der Waals surface area contributed by atoms with Gasteiger partial charge in [0.25, 0.3) is 0 Å². The van der Waals surface area contributed by atoms with Crippen LogP contribution in [0.5, 0.6) is 5.75 Å². The fraction of sp³-hybridized carbons (Fsp3) is 0.400. The number of rotatable bonds is 8. The molecule has 2 rings (SSSR count). The zero-order valence-corrected chi connectivity index (χ0v) is 13.6. The summed E-state index contributed by atoms with van der Waals surface area (Å²) in [5, 5.41) is 10.6. The first-order valence-electron chi connectivity index (χ1n) is 8.13. The predicted octanol–water partition coefficient (Wildman–Crippen LogP) is 4.70. The van der Waals surface area contributed by atoms with Crippen LogP contribution in [0, 0.1) is 0 Å². The molecule has 0 amide bonds. The van der Waals surface area contributed by atoms with Crippen LogP contribution in [0.4, 0.5) is 0 Å². The number of aliphatic hydroxyl groups excluding tert-OH is 1. The number of aryl methyl sites for hydroxylation is 2. The fourth-order valence-electron chi connectivity index (χ4n) is 2.68. The Balaban J connectivity index is 2.07. The lowest BCUT2D eigenvalue weighted by molar-refractivity contribution is 0.163. The van der Waals surface area contributed by atoms with E-state index in [1.807, 2.05) is 24.3 Å². The van der Waals surface area contributed by atoms with Crippen LogP contribution in [0.2, 0.25) is 0 Å². The van der Waals surface area contributed by atoms with Crippen molar-refractivity contribution in [1.82, 2.24) is 0 Å². The summed E-state index contributed by atoms with van der Waals surface area (Å²) in [6.45, 7) is 2.19. The third kappa shape index (κ3) is 4.60. The van der Waals surface area contributed by atoms with Crippen LogP contribution < -0.4 is 4.74 Å². The minimum absolute atomic E-state index is 0.489. The van der Waals surface area contributed by atoms with E-state index in [-0.39, 0.29) is 0 Å². The molecule has 2 aromatic rings. The monoisotopic (exact) mass is 298 g/mol. The smallest absolute Gasteiger partial charge is 0.124 e. The SMILES string of the molecule is CCCCc1ccc(OC)c(C(O)CCc2ccccc2)c1. The minimum Gasteiger partial charge on any atom is -0.496 e. The Bertz CT molecular complexity index is 563. The van der Waals surface area contributed by atoms with Gasteiger partial charge in [-0.25, -0.2) is 0 Å². The largest absolute Gasteiger partial charge is 0.496 e. The second-order valence-electron chi connectivity index (χ2n) is 5.72. The van der Waals surface area contributed by atoms with Gasteiger partial charge in [-0.2, -0.15) is 0 Å². The molecule has 0 aliphatic carbocycles. The van der Waals surface area contributed by atoms with Gasteiger partial charge in [-0.15, -0.1) is 0 Å². The maximum absolute atomic E-state index is 10.6. The fourth-order valence-corrected chi connectivity index (χ4v) is 2.68. The van der Waals surface area contributed by atoms with E-state index in [0.29, 0.717) is 6.42 Å². The van der Waals surface area contributed by atoms with Gasteiger partial charge in [0.05, 0.1) is 13.2 Å². The molecular formula is C20H26O2. The Morgan fingerprint density at radius 1 is 1.00 bits per heavy atom. The first kappa shape index (κ1) is 16.6. The van der Waals surface area contributed by atoms with Crippen LogP contribution in [-0.2, 0) is 12.8 Å². The molecule has 0 spiro atoms. The van der Waals surface area contributed by atoms with Crippen molar-refractivity contribution < 1.29 is 9.84 Å². The van der Waals surface area contributed by atoms with E-state index in [2.05, 4.69) is 31.2 Å². The van der Waals surface area contributed by atoms with Gasteiger partial charge in [0.2, 0.25) is 0 Å². The molecule has 0 fully saturated rings. The Morgan fingerprint density at radius 2 is 1.77 bits per heavy atom. The van der Waals surface area contributed by atoms with Gasteiger partial charge in [-0.1, -0.05) is 49.7 Å². The molecule has 0 aromatic heterocycles. The summed E-state index contributed by atoms with van der Waals surface area (Å²) in [4.78, 5) is 0. The number of hydrogen-bond donors (Lipinski definition) is 1. The number of unbranched alkanes of at least 4 members (excludes halogenated alkanes) is 1. The highest BCUT2D eigenvalue weighted by atomic mass is 16.5. The van der Waals surface area contributed by atoms with Crippen molar-refractivity contribution in [3.63, 3.8) is 0 Å². The quantitative estimate of drug-likeness (QED) is 0.765. The number of hydrogen-bond acceptors (Lipinski definition) is 2. The van der Waals surface area contributed by atoms with Crippen molar-refractivity contribution in [3.05, 3.63) is 65.2 Å². The Morgan fingerprint density at radius 3 is 2.45 bits per heavy atom. The number of benzene rings is 2. The van der Waals surface area contributed by atoms with Crippen molar-refractivity contribution in [3.8, 4) is 5.75 Å². The zero-order valence-electron chi connectivity index (χ0n) is 13.6. The molecule has 118 valence electrons. The number of ether oxygens (including phenoxy) is 1. The van der Waals surface area contributed by atoms with Gasteiger partial charge in [-0.05, 0) is 48.9 Å². The van der Waals surface area contributed by atoms with E-state index in [9.17, 15) is 5.11 Å². The van der Waals surface area contributed by atoms with Gasteiger partial charge < -0.3 is 9.84 Å². The van der Waals surface area contributed by atoms with Gasteiger partial charge >= 0.3 is 0 Å². The molecule has 0 bridgehead atoms. The van der Waals surface area contributed by atoms with Crippen molar-refractivity contribution in [2.75, 3.05) is 7.11 Å². The summed E-state index contributed by atoms with van der Waals surface area (Å²) in [5.41, 5.74) is 3.44. The van der Waals surface area contributed by atoms with Crippen LogP contribution in [0.1, 0.15) is 49.0 Å². The summed E-state index contributed by atoms with van der Waals surface area (Å²) < 4.78 is 5.42. The van der Waals surface area contributed by atoms with E-state index in [0.717, 1.165) is 24.2 Å². The molecule has 22 heavy (non-hydrogen) atoms. The molecule has 0 saturated heterocycles. The van der Waals surface area contributed by atoms with Gasteiger partial charge in [0.1, 0.15) is 5.75 Å². The standard InChI is InChI=1S/C20H26O2/c1-3-4-8-17-12-14-20(22-2)18(15-17)19(21)13-11-16-9-6-5-7-10-16/h5-7,9-10,12,14-15,19,21H,3-4,8,11,13H2,1-2H3. The first-order chi connectivity index (χ1) is 10.7. The number of methoxy groups -OCH3 is 1. The third-order valence-electron chi connectivity index (χ3n) is 4.02. The van der Waals surface area contributed by atoms with E-state index in [4.69, 9.17) is 4.74 Å². The van der Waals surface area contributed by atoms with Gasteiger partial charge in [0.15, 0.2) is 0 Å². The molecule has 1 atom stereocenters. The predicted molar refractivity (Wildman–Crippen MR) is 91.3 cm³/mol. The maximum Gasteiger partial charge on any atom is 0.124 e. The maximum atomic E-state index is 10.6. The summed E-state index contributed by atoms with van der Waals surface area (Å²) in [6, 6.07) is 16.5. The molecule has 0 aliphatic rings. The number of aliphatic hydroxyl groups is 1. The zero-order chi connectivity index (χ0) is 15.8. The van der Waals surface area contributed by atoms with Gasteiger partial charge in [-0.3, -0.25) is 0 Å². The average Bonchev–Trinajstić information content (AvgIpc) is 2.58. The molecule has 2 heteroatoms. The van der Waals surface area contributed by atoms with Crippen molar-refractivity contribution in [1.29, 1.82) is 0 Å². The second kappa shape index (κ2) is 8.60. The molecule has 0 aliphatic heterocycles. The van der Waals surface area contributed by atoms with Crippen molar-refractivity contribution >= 4 is 0 Å². The van der Waals surface area contributed by atoms with Crippen LogP contribution >= 0.6 is 0 Å². The van der Waals surface area contributed by atoms with E-state index >= 15 is 0 Å². The molecule has 1 N–H and O–H groups in total. The molecule has 2 nitrogen and oxygen atoms in total. The molecular weight excluding hydrogens is 272 g/mol. The van der Waals surface area contributed by atoms with E-state index in [1.54, 1.807) is 7.11 Å². The lowest BCUT2D eigenvalue weighted by Crippen LogP contribution is -2.03. The summed E-state index contributed by atoms with van der Waals surface area (Å²) in [5.74, 6) is 0.779. The highest BCUT2D eigenvalue weighted by Crippen LogP contribution is 2.29. The Hall–Kier alpha value is -1.80. The van der Waals surface area contributed by atoms with E-state index < -0.39 is 6.10 Å². The normalized spacial score (nSPS) is 12.1. The molecule has 0 saturated carbocycles. The Labute approximate surface area is 133 Å². The minimum atomic E-state index is -0.489.